The van der Waals surface area contributed by atoms with Crippen molar-refractivity contribution in [2.75, 3.05) is 11.9 Å². The van der Waals surface area contributed by atoms with Gasteiger partial charge in [-0.05, 0) is 18.2 Å². The number of H-pyrrole nitrogens is 1. The molecule has 1 aromatic heterocycles. The third-order valence-corrected chi connectivity index (χ3v) is 3.17. The first-order chi connectivity index (χ1) is 8.49. The highest BCUT2D eigenvalue weighted by molar-refractivity contribution is 6.41. The SMILES string of the molecule is CN(C(=O)c1cc(Cl)c(Cl)[nH]1)c1cccc(O)c1. The van der Waals surface area contributed by atoms with Crippen LogP contribution >= 0.6 is 23.2 Å². The summed E-state index contributed by atoms with van der Waals surface area (Å²) in [5.41, 5.74) is 0.859. The van der Waals surface area contributed by atoms with Crippen LogP contribution in [0, 0.1) is 0 Å². The predicted molar refractivity (Wildman–Crippen MR) is 71.7 cm³/mol. The molecule has 18 heavy (non-hydrogen) atoms. The molecule has 1 aromatic carbocycles. The maximum Gasteiger partial charge on any atom is 0.274 e. The van der Waals surface area contributed by atoms with Crippen molar-refractivity contribution in [2.24, 2.45) is 0 Å². The van der Waals surface area contributed by atoms with Gasteiger partial charge in [0.25, 0.3) is 5.91 Å². The molecule has 2 aromatic rings. The molecule has 0 saturated carbocycles. The van der Waals surface area contributed by atoms with E-state index in [1.54, 1.807) is 19.2 Å². The van der Waals surface area contributed by atoms with E-state index in [-0.39, 0.29) is 22.5 Å². The Labute approximate surface area is 114 Å². The van der Waals surface area contributed by atoms with Gasteiger partial charge in [0, 0.05) is 18.8 Å². The molecule has 94 valence electrons. The summed E-state index contributed by atoms with van der Waals surface area (Å²) in [6, 6.07) is 7.85. The molecule has 0 aliphatic heterocycles. The first kappa shape index (κ1) is 12.8. The number of nitrogens with zero attached hydrogens (tertiary/aromatic N) is 1. The van der Waals surface area contributed by atoms with E-state index in [0.29, 0.717) is 10.7 Å². The topological polar surface area (TPSA) is 56.3 Å². The smallest absolute Gasteiger partial charge is 0.274 e. The molecule has 0 spiro atoms. The van der Waals surface area contributed by atoms with E-state index in [2.05, 4.69) is 4.98 Å². The van der Waals surface area contributed by atoms with E-state index >= 15 is 0 Å². The van der Waals surface area contributed by atoms with E-state index in [1.165, 1.54) is 23.1 Å². The highest BCUT2D eigenvalue weighted by Gasteiger charge is 2.17. The van der Waals surface area contributed by atoms with Crippen LogP contribution < -0.4 is 4.90 Å². The van der Waals surface area contributed by atoms with E-state index in [0.717, 1.165) is 0 Å². The molecule has 6 heteroatoms. The minimum absolute atomic E-state index is 0.0923. The Balaban J connectivity index is 2.29. The summed E-state index contributed by atoms with van der Waals surface area (Å²) in [6.45, 7) is 0. The maximum absolute atomic E-state index is 12.1. The number of anilines is 1. The van der Waals surface area contributed by atoms with Crippen molar-refractivity contribution in [2.45, 2.75) is 0 Å². The van der Waals surface area contributed by atoms with Crippen LogP contribution in [0.1, 0.15) is 10.5 Å². The molecule has 0 bridgehead atoms. The Bertz CT molecular complexity index is 576. The summed E-state index contributed by atoms with van der Waals surface area (Å²) >= 11 is 11.5. The summed E-state index contributed by atoms with van der Waals surface area (Å²) < 4.78 is 0. The lowest BCUT2D eigenvalue weighted by molar-refractivity contribution is 0.0989. The average Bonchev–Trinajstić information content (AvgIpc) is 2.68. The largest absolute Gasteiger partial charge is 0.508 e. The second-order valence-electron chi connectivity index (χ2n) is 3.73. The number of carbonyl (C=O) groups is 1. The van der Waals surface area contributed by atoms with Crippen LogP contribution in [0.4, 0.5) is 5.69 Å². The van der Waals surface area contributed by atoms with Crippen LogP contribution in [-0.2, 0) is 0 Å². The number of phenolic OH excluding ortho intramolecular Hbond substituents is 1. The lowest BCUT2D eigenvalue weighted by Gasteiger charge is -2.16. The summed E-state index contributed by atoms with van der Waals surface area (Å²) in [5.74, 6) is -0.205. The van der Waals surface area contributed by atoms with Crippen molar-refractivity contribution in [3.05, 3.63) is 46.2 Å². The van der Waals surface area contributed by atoms with E-state index in [9.17, 15) is 9.90 Å². The minimum atomic E-state index is -0.297. The molecule has 0 radical (unpaired) electrons. The zero-order valence-corrected chi connectivity index (χ0v) is 11.0. The summed E-state index contributed by atoms with van der Waals surface area (Å²) in [5, 5.41) is 9.90. The van der Waals surface area contributed by atoms with Gasteiger partial charge in [-0.2, -0.15) is 0 Å². The number of aromatic amines is 1. The van der Waals surface area contributed by atoms with E-state index in [4.69, 9.17) is 23.2 Å². The van der Waals surface area contributed by atoms with Gasteiger partial charge in [-0.3, -0.25) is 4.79 Å². The number of halogens is 2. The first-order valence-corrected chi connectivity index (χ1v) is 5.85. The maximum atomic E-state index is 12.1. The fraction of sp³-hybridized carbons (Fsp3) is 0.0833. The molecular weight excluding hydrogens is 275 g/mol. The Hall–Kier alpha value is -1.65. The van der Waals surface area contributed by atoms with Gasteiger partial charge in [-0.15, -0.1) is 0 Å². The van der Waals surface area contributed by atoms with Crippen molar-refractivity contribution in [3.8, 4) is 5.75 Å². The van der Waals surface area contributed by atoms with Gasteiger partial charge >= 0.3 is 0 Å². The molecule has 2 N–H and O–H groups in total. The molecule has 4 nitrogen and oxygen atoms in total. The van der Waals surface area contributed by atoms with Gasteiger partial charge in [0.05, 0.1) is 5.02 Å². The summed E-state index contributed by atoms with van der Waals surface area (Å²) in [4.78, 5) is 16.2. The van der Waals surface area contributed by atoms with Crippen molar-refractivity contribution >= 4 is 34.8 Å². The molecule has 0 unspecified atom stereocenters. The number of rotatable bonds is 2. The molecule has 1 heterocycles. The van der Waals surface area contributed by atoms with E-state index in [1.807, 2.05) is 0 Å². The molecular formula is C12H10Cl2N2O2. The van der Waals surface area contributed by atoms with Gasteiger partial charge in [-0.25, -0.2) is 0 Å². The Morgan fingerprint density at radius 2 is 2.06 bits per heavy atom. The highest BCUT2D eigenvalue weighted by Crippen LogP contribution is 2.25. The fourth-order valence-electron chi connectivity index (χ4n) is 1.52. The van der Waals surface area contributed by atoms with Gasteiger partial charge in [0.2, 0.25) is 0 Å². The third-order valence-electron chi connectivity index (χ3n) is 2.48. The quantitative estimate of drug-likeness (QED) is 0.889. The van der Waals surface area contributed by atoms with Gasteiger partial charge in [0.1, 0.15) is 16.6 Å². The van der Waals surface area contributed by atoms with Crippen LogP contribution in [0.3, 0.4) is 0 Å². The average molecular weight is 285 g/mol. The van der Waals surface area contributed by atoms with E-state index < -0.39 is 0 Å². The highest BCUT2D eigenvalue weighted by atomic mass is 35.5. The van der Waals surface area contributed by atoms with Gasteiger partial charge in [0.15, 0.2) is 0 Å². The molecule has 0 aliphatic rings. The molecule has 0 atom stereocenters. The van der Waals surface area contributed by atoms with Crippen LogP contribution in [0.15, 0.2) is 30.3 Å². The number of aromatic nitrogens is 1. The number of carbonyl (C=O) groups excluding carboxylic acids is 1. The number of amides is 1. The number of aromatic hydroxyl groups is 1. The molecule has 0 aliphatic carbocycles. The minimum Gasteiger partial charge on any atom is -0.508 e. The van der Waals surface area contributed by atoms with Crippen molar-refractivity contribution < 1.29 is 9.90 Å². The number of nitrogens with one attached hydrogen (secondary N) is 1. The van der Waals surface area contributed by atoms with Crippen LogP contribution in [0.2, 0.25) is 10.2 Å². The zero-order chi connectivity index (χ0) is 13.3. The lowest BCUT2D eigenvalue weighted by Crippen LogP contribution is -2.26. The summed E-state index contributed by atoms with van der Waals surface area (Å²) in [7, 11) is 1.60. The lowest BCUT2D eigenvalue weighted by atomic mass is 10.2. The second kappa shape index (κ2) is 4.92. The Morgan fingerprint density at radius 3 is 2.61 bits per heavy atom. The summed E-state index contributed by atoms with van der Waals surface area (Å²) in [6.07, 6.45) is 0. The predicted octanol–water partition coefficient (Wildman–Crippen LogP) is 3.30. The number of hydrogen-bond acceptors (Lipinski definition) is 2. The van der Waals surface area contributed by atoms with Crippen LogP contribution in [0.5, 0.6) is 5.75 Å². The van der Waals surface area contributed by atoms with Gasteiger partial charge in [-0.1, -0.05) is 29.3 Å². The monoisotopic (exact) mass is 284 g/mol. The fourth-order valence-corrected chi connectivity index (χ4v) is 1.83. The third kappa shape index (κ3) is 2.44. The first-order valence-electron chi connectivity index (χ1n) is 5.10. The van der Waals surface area contributed by atoms with Crippen LogP contribution in [-0.4, -0.2) is 23.0 Å². The Kier molecular flexibility index (Phi) is 3.50. The number of phenols is 1. The van der Waals surface area contributed by atoms with Crippen molar-refractivity contribution in [3.63, 3.8) is 0 Å². The van der Waals surface area contributed by atoms with Crippen molar-refractivity contribution in [1.82, 2.24) is 4.98 Å². The Morgan fingerprint density at radius 1 is 1.33 bits per heavy atom. The van der Waals surface area contributed by atoms with Gasteiger partial charge < -0.3 is 15.0 Å². The zero-order valence-electron chi connectivity index (χ0n) is 9.45. The number of hydrogen-bond donors (Lipinski definition) is 2. The molecule has 0 fully saturated rings. The number of benzene rings is 1. The second-order valence-corrected chi connectivity index (χ2v) is 4.51. The standard InChI is InChI=1S/C12H10Cl2N2O2/c1-16(7-3-2-4-8(17)5-7)12(18)10-6-9(13)11(14)15-10/h2-6,15,17H,1H3. The molecule has 1 amide bonds. The molecule has 0 saturated heterocycles. The molecule has 2 rings (SSSR count). The van der Waals surface area contributed by atoms with Crippen LogP contribution in [0.25, 0.3) is 0 Å². The normalized spacial score (nSPS) is 10.4. The van der Waals surface area contributed by atoms with Crippen molar-refractivity contribution in [1.29, 1.82) is 0 Å².